The Morgan fingerprint density at radius 1 is 1.57 bits per heavy atom. The molecule has 1 aliphatic heterocycles. The lowest BCUT2D eigenvalue weighted by molar-refractivity contribution is -0.00114. The fourth-order valence-corrected chi connectivity index (χ4v) is 2.56. The van der Waals surface area contributed by atoms with Crippen molar-refractivity contribution in [2.24, 2.45) is 0 Å². The predicted molar refractivity (Wildman–Crippen MR) is 87.8 cm³/mol. The summed E-state index contributed by atoms with van der Waals surface area (Å²) in [6, 6.07) is 1.75. The number of fused-ring (bicyclic) bond motifs is 1. The summed E-state index contributed by atoms with van der Waals surface area (Å²) in [6.07, 6.45) is -0.379. The molecular weight excluding hydrogens is 385 g/mol. The van der Waals surface area contributed by atoms with Crippen molar-refractivity contribution in [3.8, 4) is 0 Å². The fraction of sp³-hybridized carbons (Fsp3) is 0.571. The second-order valence-electron chi connectivity index (χ2n) is 6.01. The molecule has 2 rings (SSSR count). The van der Waals surface area contributed by atoms with Gasteiger partial charge < -0.3 is 20.1 Å². The van der Waals surface area contributed by atoms with Gasteiger partial charge in [-0.15, -0.1) is 0 Å². The van der Waals surface area contributed by atoms with Gasteiger partial charge in [0, 0.05) is 12.6 Å². The van der Waals surface area contributed by atoms with Crippen molar-refractivity contribution in [2.75, 3.05) is 19.4 Å². The number of amides is 1. The lowest BCUT2D eigenvalue weighted by Gasteiger charge is -2.34. The molecule has 0 fully saturated rings. The second kappa shape index (κ2) is 5.96. The molecule has 1 unspecified atom stereocenters. The van der Waals surface area contributed by atoms with Crippen molar-refractivity contribution in [2.45, 2.75) is 39.0 Å². The third-order valence-electron chi connectivity index (χ3n) is 3.14. The van der Waals surface area contributed by atoms with Crippen LogP contribution in [0.2, 0.25) is 0 Å². The summed E-state index contributed by atoms with van der Waals surface area (Å²) in [7, 11) is 1.71. The van der Waals surface area contributed by atoms with Crippen LogP contribution in [0.3, 0.4) is 0 Å². The Hall–Kier alpha value is -1.09. The Labute approximate surface area is 138 Å². The Balaban J connectivity index is 2.27. The van der Waals surface area contributed by atoms with Gasteiger partial charge in [0.2, 0.25) is 0 Å². The monoisotopic (exact) mass is 405 g/mol. The van der Waals surface area contributed by atoms with Crippen molar-refractivity contribution in [3.05, 3.63) is 20.9 Å². The minimum absolute atomic E-state index is 0.217. The lowest BCUT2D eigenvalue weighted by atomic mass is 10.0. The van der Waals surface area contributed by atoms with E-state index >= 15 is 0 Å². The Morgan fingerprint density at radius 3 is 2.86 bits per heavy atom. The van der Waals surface area contributed by atoms with Crippen LogP contribution in [0.1, 0.15) is 38.1 Å². The number of hydrogen-bond acceptors (Lipinski definition) is 5. The SMILES string of the molecule is CN(C(=O)OC(C)(C)C)C1COCc2nc(N)c(I)cc21. The molecule has 21 heavy (non-hydrogen) atoms. The standard InChI is InChI=1S/C14H20IN3O3/c1-14(2,3)21-13(19)18(4)11-7-20-6-10-8(11)5-9(15)12(16)17-10/h5,11H,6-7H2,1-4H3,(H2,16,17). The molecular formula is C14H20IN3O3. The van der Waals surface area contributed by atoms with E-state index in [2.05, 4.69) is 27.6 Å². The molecule has 1 aliphatic rings. The highest BCUT2D eigenvalue weighted by Crippen LogP contribution is 2.31. The van der Waals surface area contributed by atoms with Crippen LogP contribution in [0, 0.1) is 3.57 Å². The predicted octanol–water partition coefficient (Wildman–Crippen LogP) is 2.71. The van der Waals surface area contributed by atoms with Gasteiger partial charge in [0.1, 0.15) is 11.4 Å². The van der Waals surface area contributed by atoms with Gasteiger partial charge in [-0.3, -0.25) is 0 Å². The summed E-state index contributed by atoms with van der Waals surface area (Å²) < 4.78 is 11.8. The Bertz CT molecular complexity index is 557. The number of nitrogens with zero attached hydrogens (tertiary/aromatic N) is 2. The average molecular weight is 405 g/mol. The van der Waals surface area contributed by atoms with Crippen molar-refractivity contribution in [1.29, 1.82) is 0 Å². The lowest BCUT2D eigenvalue weighted by Crippen LogP contribution is -2.40. The quantitative estimate of drug-likeness (QED) is 0.728. The van der Waals surface area contributed by atoms with Gasteiger partial charge in [-0.25, -0.2) is 9.78 Å². The van der Waals surface area contributed by atoms with Crippen LogP contribution in [-0.4, -0.2) is 35.2 Å². The molecule has 1 aromatic heterocycles. The molecule has 0 bridgehead atoms. The smallest absolute Gasteiger partial charge is 0.410 e. The zero-order valence-electron chi connectivity index (χ0n) is 12.6. The van der Waals surface area contributed by atoms with Gasteiger partial charge in [-0.1, -0.05) is 0 Å². The maximum atomic E-state index is 12.2. The van der Waals surface area contributed by atoms with Gasteiger partial charge >= 0.3 is 6.09 Å². The number of nitrogen functional groups attached to an aromatic ring is 1. The van der Waals surface area contributed by atoms with E-state index in [1.807, 2.05) is 26.8 Å². The second-order valence-corrected chi connectivity index (χ2v) is 7.18. The summed E-state index contributed by atoms with van der Waals surface area (Å²) >= 11 is 2.14. The number of aromatic nitrogens is 1. The van der Waals surface area contributed by atoms with Gasteiger partial charge in [0.25, 0.3) is 0 Å². The number of carbonyl (C=O) groups is 1. The van der Waals surface area contributed by atoms with Crippen LogP contribution in [0.5, 0.6) is 0 Å². The van der Waals surface area contributed by atoms with Crippen molar-refractivity contribution < 1.29 is 14.3 Å². The van der Waals surface area contributed by atoms with Crippen LogP contribution in [-0.2, 0) is 16.1 Å². The molecule has 1 aromatic rings. The van der Waals surface area contributed by atoms with E-state index in [0.29, 0.717) is 19.0 Å². The van der Waals surface area contributed by atoms with Crippen LogP contribution in [0.25, 0.3) is 0 Å². The van der Waals surface area contributed by atoms with Crippen LogP contribution in [0.4, 0.5) is 10.6 Å². The largest absolute Gasteiger partial charge is 0.444 e. The summed E-state index contributed by atoms with van der Waals surface area (Å²) in [4.78, 5) is 18.1. The molecule has 116 valence electrons. The highest BCUT2D eigenvalue weighted by molar-refractivity contribution is 14.1. The molecule has 0 saturated heterocycles. The van der Waals surface area contributed by atoms with Crippen molar-refractivity contribution in [3.63, 3.8) is 0 Å². The van der Waals surface area contributed by atoms with Crippen molar-refractivity contribution in [1.82, 2.24) is 9.88 Å². The third-order valence-corrected chi connectivity index (χ3v) is 4.00. The van der Waals surface area contributed by atoms with E-state index in [1.165, 1.54) is 0 Å². The maximum absolute atomic E-state index is 12.2. The number of anilines is 1. The third kappa shape index (κ3) is 3.76. The normalized spacial score (nSPS) is 18.0. The van der Waals surface area contributed by atoms with Crippen molar-refractivity contribution >= 4 is 34.5 Å². The first-order chi connectivity index (χ1) is 9.69. The molecule has 0 radical (unpaired) electrons. The summed E-state index contributed by atoms with van der Waals surface area (Å²) in [5.41, 5.74) is 7.04. The summed E-state index contributed by atoms with van der Waals surface area (Å²) in [5, 5.41) is 0. The zero-order valence-corrected chi connectivity index (χ0v) is 14.8. The van der Waals surface area contributed by atoms with Gasteiger partial charge in [0.05, 0.1) is 28.5 Å². The van der Waals surface area contributed by atoms with E-state index in [1.54, 1.807) is 11.9 Å². The summed E-state index contributed by atoms with van der Waals surface area (Å²) in [6.45, 7) is 6.36. The summed E-state index contributed by atoms with van der Waals surface area (Å²) in [5.74, 6) is 0.485. The first-order valence-corrected chi connectivity index (χ1v) is 7.75. The number of carbonyl (C=O) groups excluding carboxylic acids is 1. The Morgan fingerprint density at radius 2 is 2.24 bits per heavy atom. The van der Waals surface area contributed by atoms with Crippen LogP contribution >= 0.6 is 22.6 Å². The number of rotatable bonds is 1. The number of likely N-dealkylation sites (N-methyl/N-ethyl adjacent to an activating group) is 1. The molecule has 2 heterocycles. The molecule has 1 amide bonds. The van der Waals surface area contributed by atoms with Gasteiger partial charge in [0.15, 0.2) is 0 Å². The van der Waals surface area contributed by atoms with E-state index in [4.69, 9.17) is 15.2 Å². The van der Waals surface area contributed by atoms with E-state index in [9.17, 15) is 4.79 Å². The highest BCUT2D eigenvalue weighted by atomic mass is 127. The number of halogens is 1. The van der Waals surface area contributed by atoms with E-state index in [-0.39, 0.29) is 12.1 Å². The molecule has 1 atom stereocenters. The maximum Gasteiger partial charge on any atom is 0.410 e. The molecule has 0 saturated carbocycles. The molecule has 0 spiro atoms. The molecule has 0 aliphatic carbocycles. The first-order valence-electron chi connectivity index (χ1n) is 6.67. The zero-order chi connectivity index (χ0) is 15.8. The fourth-order valence-electron chi connectivity index (χ4n) is 2.10. The number of nitrogens with two attached hydrogens (primary N) is 1. The topological polar surface area (TPSA) is 77.7 Å². The molecule has 2 N–H and O–H groups in total. The molecule has 6 nitrogen and oxygen atoms in total. The Kier molecular flexibility index (Phi) is 4.62. The minimum Gasteiger partial charge on any atom is -0.444 e. The van der Waals surface area contributed by atoms with E-state index < -0.39 is 5.60 Å². The minimum atomic E-state index is -0.530. The number of ether oxygens (including phenoxy) is 2. The molecule has 7 heteroatoms. The van der Waals surface area contributed by atoms with Gasteiger partial charge in [-0.2, -0.15) is 0 Å². The van der Waals surface area contributed by atoms with Crippen LogP contribution in [0.15, 0.2) is 6.07 Å². The van der Waals surface area contributed by atoms with E-state index in [0.717, 1.165) is 14.8 Å². The highest BCUT2D eigenvalue weighted by Gasteiger charge is 2.31. The molecule has 0 aromatic carbocycles. The number of pyridine rings is 1. The average Bonchev–Trinajstić information content (AvgIpc) is 2.36. The number of hydrogen-bond donors (Lipinski definition) is 1. The first kappa shape index (κ1) is 16.3. The van der Waals surface area contributed by atoms with Crippen LogP contribution < -0.4 is 5.73 Å². The van der Waals surface area contributed by atoms with Gasteiger partial charge in [-0.05, 0) is 49.4 Å².